The number of nitrogens with zero attached hydrogens (tertiary/aromatic N) is 1. The van der Waals surface area contributed by atoms with Gasteiger partial charge in [0.05, 0.1) is 10.5 Å². The molecule has 5 heteroatoms. The number of rotatable bonds is 4. The zero-order valence-electron chi connectivity index (χ0n) is 12.7. The molecule has 0 saturated heterocycles. The molecule has 0 unspecified atom stereocenters. The van der Waals surface area contributed by atoms with E-state index in [2.05, 4.69) is 5.32 Å². The number of nitrogens with one attached hydrogen (secondary N) is 1. The van der Waals surface area contributed by atoms with Crippen LogP contribution in [0.5, 0.6) is 0 Å². The van der Waals surface area contributed by atoms with Gasteiger partial charge in [-0.2, -0.15) is 0 Å². The van der Waals surface area contributed by atoms with E-state index >= 15 is 0 Å². The predicted octanol–water partition coefficient (Wildman–Crippen LogP) is 3.84. The standard InChI is InChI=1S/C17H22N2O3/c20-17(18-15-9-4-2-1-3-5-10-15)13-12-14-8-6-7-11-16(14)19(21)22/h6-8,11-13,15H,1-5,9-10H2,(H,18,20). The van der Waals surface area contributed by atoms with Gasteiger partial charge in [-0.05, 0) is 25.0 Å². The first-order valence-corrected chi connectivity index (χ1v) is 7.89. The summed E-state index contributed by atoms with van der Waals surface area (Å²) in [7, 11) is 0. The van der Waals surface area contributed by atoms with Gasteiger partial charge in [-0.25, -0.2) is 0 Å². The highest BCUT2D eigenvalue weighted by Gasteiger charge is 2.13. The number of benzene rings is 1. The molecule has 0 radical (unpaired) electrons. The molecule has 1 amide bonds. The second-order valence-electron chi connectivity index (χ2n) is 5.70. The van der Waals surface area contributed by atoms with Crippen LogP contribution in [0.25, 0.3) is 6.08 Å². The molecule has 0 atom stereocenters. The lowest BCUT2D eigenvalue weighted by Gasteiger charge is -2.20. The highest BCUT2D eigenvalue weighted by Crippen LogP contribution is 2.19. The van der Waals surface area contributed by atoms with Gasteiger partial charge in [-0.1, -0.05) is 44.2 Å². The molecule has 0 aromatic heterocycles. The van der Waals surface area contributed by atoms with Crippen LogP contribution in [0.1, 0.15) is 50.5 Å². The van der Waals surface area contributed by atoms with Gasteiger partial charge in [0.1, 0.15) is 0 Å². The molecule has 0 aliphatic heterocycles. The minimum atomic E-state index is -0.438. The van der Waals surface area contributed by atoms with Crippen LogP contribution in [0.2, 0.25) is 0 Å². The van der Waals surface area contributed by atoms with E-state index in [4.69, 9.17) is 0 Å². The lowest BCUT2D eigenvalue weighted by atomic mass is 9.97. The Morgan fingerprint density at radius 2 is 1.77 bits per heavy atom. The number of nitro groups is 1. The molecule has 5 nitrogen and oxygen atoms in total. The molecule has 118 valence electrons. The summed E-state index contributed by atoms with van der Waals surface area (Å²) in [4.78, 5) is 22.5. The molecular weight excluding hydrogens is 280 g/mol. The Balaban J connectivity index is 1.95. The van der Waals surface area contributed by atoms with Crippen molar-refractivity contribution in [2.45, 2.75) is 51.0 Å². The Kier molecular flexibility index (Phi) is 6.13. The minimum absolute atomic E-state index is 0.0116. The lowest BCUT2D eigenvalue weighted by Crippen LogP contribution is -2.34. The molecule has 1 aromatic carbocycles. The SMILES string of the molecule is O=C(C=Cc1ccccc1[N+](=O)[O-])NC1CCCCCCC1. The molecule has 1 fully saturated rings. The zero-order chi connectivity index (χ0) is 15.8. The van der Waals surface area contributed by atoms with E-state index in [1.165, 1.54) is 37.5 Å². The van der Waals surface area contributed by atoms with Crippen LogP contribution in [0.15, 0.2) is 30.3 Å². The number of nitro benzene ring substituents is 1. The Hall–Kier alpha value is -2.17. The zero-order valence-corrected chi connectivity index (χ0v) is 12.7. The summed E-state index contributed by atoms with van der Waals surface area (Å²) < 4.78 is 0. The molecule has 1 aromatic rings. The summed E-state index contributed by atoms with van der Waals surface area (Å²) in [5.74, 6) is -0.177. The van der Waals surface area contributed by atoms with Crippen LogP contribution in [0.4, 0.5) is 5.69 Å². The van der Waals surface area contributed by atoms with Gasteiger partial charge in [0.2, 0.25) is 5.91 Å². The van der Waals surface area contributed by atoms with Crippen LogP contribution >= 0.6 is 0 Å². The highest BCUT2D eigenvalue weighted by atomic mass is 16.6. The number of para-hydroxylation sites is 1. The number of carbonyl (C=O) groups excluding carboxylic acids is 1. The summed E-state index contributed by atoms with van der Waals surface area (Å²) in [6.45, 7) is 0. The van der Waals surface area contributed by atoms with Gasteiger partial charge in [0.15, 0.2) is 0 Å². The highest BCUT2D eigenvalue weighted by molar-refractivity contribution is 5.92. The number of hydrogen-bond acceptors (Lipinski definition) is 3. The van der Waals surface area contributed by atoms with Gasteiger partial charge >= 0.3 is 0 Å². The topological polar surface area (TPSA) is 72.2 Å². The van der Waals surface area contributed by atoms with Gasteiger partial charge in [-0.3, -0.25) is 14.9 Å². The summed E-state index contributed by atoms with van der Waals surface area (Å²) in [5.41, 5.74) is 0.456. The van der Waals surface area contributed by atoms with Crippen LogP contribution in [-0.2, 0) is 4.79 Å². The molecule has 1 saturated carbocycles. The van der Waals surface area contributed by atoms with Crippen molar-refractivity contribution in [3.8, 4) is 0 Å². The molecule has 2 rings (SSSR count). The van der Waals surface area contributed by atoms with E-state index in [-0.39, 0.29) is 17.6 Å². The molecular formula is C17H22N2O3. The Labute approximate surface area is 130 Å². The molecule has 0 bridgehead atoms. The predicted molar refractivity (Wildman–Crippen MR) is 86.4 cm³/mol. The van der Waals surface area contributed by atoms with Gasteiger partial charge < -0.3 is 5.32 Å². The monoisotopic (exact) mass is 302 g/mol. The van der Waals surface area contributed by atoms with Gasteiger partial charge in [0.25, 0.3) is 5.69 Å². The molecule has 1 N–H and O–H groups in total. The van der Waals surface area contributed by atoms with Crippen molar-refractivity contribution in [1.29, 1.82) is 0 Å². The maximum absolute atomic E-state index is 12.0. The second-order valence-corrected chi connectivity index (χ2v) is 5.70. The molecule has 1 aliphatic carbocycles. The molecule has 0 spiro atoms. The van der Waals surface area contributed by atoms with Crippen molar-refractivity contribution in [2.24, 2.45) is 0 Å². The second kappa shape index (κ2) is 8.32. The fraction of sp³-hybridized carbons (Fsp3) is 0.471. The molecule has 0 heterocycles. The van der Waals surface area contributed by atoms with Crippen molar-refractivity contribution >= 4 is 17.7 Å². The van der Waals surface area contributed by atoms with Crippen molar-refractivity contribution in [3.05, 3.63) is 46.0 Å². The van der Waals surface area contributed by atoms with E-state index in [0.29, 0.717) is 5.56 Å². The van der Waals surface area contributed by atoms with E-state index in [0.717, 1.165) is 25.7 Å². The van der Waals surface area contributed by atoms with Crippen molar-refractivity contribution < 1.29 is 9.72 Å². The van der Waals surface area contributed by atoms with E-state index in [1.54, 1.807) is 18.2 Å². The molecule has 1 aliphatic rings. The fourth-order valence-corrected chi connectivity index (χ4v) is 2.81. The molecule has 22 heavy (non-hydrogen) atoms. The van der Waals surface area contributed by atoms with E-state index in [1.807, 2.05) is 0 Å². The third-order valence-corrected chi connectivity index (χ3v) is 4.00. The Morgan fingerprint density at radius 1 is 1.14 bits per heavy atom. The average molecular weight is 302 g/mol. The average Bonchev–Trinajstić information content (AvgIpc) is 2.48. The van der Waals surface area contributed by atoms with E-state index in [9.17, 15) is 14.9 Å². The van der Waals surface area contributed by atoms with Gasteiger partial charge in [0, 0.05) is 18.2 Å². The number of hydrogen-bond donors (Lipinski definition) is 1. The lowest BCUT2D eigenvalue weighted by molar-refractivity contribution is -0.385. The third-order valence-electron chi connectivity index (χ3n) is 4.00. The fourth-order valence-electron chi connectivity index (χ4n) is 2.81. The van der Waals surface area contributed by atoms with Crippen LogP contribution in [0, 0.1) is 10.1 Å². The Bertz CT molecular complexity index is 547. The summed E-state index contributed by atoms with van der Waals surface area (Å²) in [5, 5.41) is 13.9. The van der Waals surface area contributed by atoms with Crippen LogP contribution in [-0.4, -0.2) is 16.9 Å². The quantitative estimate of drug-likeness (QED) is 0.522. The minimum Gasteiger partial charge on any atom is -0.350 e. The normalized spacial score (nSPS) is 16.9. The first-order valence-electron chi connectivity index (χ1n) is 7.89. The number of carbonyl (C=O) groups is 1. The van der Waals surface area contributed by atoms with Crippen molar-refractivity contribution in [3.63, 3.8) is 0 Å². The maximum atomic E-state index is 12.0. The van der Waals surface area contributed by atoms with Crippen molar-refractivity contribution in [1.82, 2.24) is 5.32 Å². The van der Waals surface area contributed by atoms with Crippen molar-refractivity contribution in [2.75, 3.05) is 0 Å². The first-order chi connectivity index (χ1) is 10.7. The number of amides is 1. The van der Waals surface area contributed by atoms with Crippen LogP contribution < -0.4 is 5.32 Å². The largest absolute Gasteiger partial charge is 0.350 e. The maximum Gasteiger partial charge on any atom is 0.276 e. The first kappa shape index (κ1) is 16.2. The summed E-state index contributed by atoms with van der Waals surface area (Å²) in [6, 6.07) is 6.64. The summed E-state index contributed by atoms with van der Waals surface area (Å²) >= 11 is 0. The Morgan fingerprint density at radius 3 is 2.45 bits per heavy atom. The van der Waals surface area contributed by atoms with Crippen LogP contribution in [0.3, 0.4) is 0 Å². The summed E-state index contributed by atoms with van der Waals surface area (Å²) in [6.07, 6.45) is 11.0. The van der Waals surface area contributed by atoms with Gasteiger partial charge in [-0.15, -0.1) is 0 Å². The smallest absolute Gasteiger partial charge is 0.276 e. The third kappa shape index (κ3) is 4.98. The van der Waals surface area contributed by atoms with E-state index < -0.39 is 4.92 Å².